The van der Waals surface area contributed by atoms with E-state index in [1.807, 2.05) is 11.8 Å². The van der Waals surface area contributed by atoms with Crippen LogP contribution in [0.4, 0.5) is 0 Å². The van der Waals surface area contributed by atoms with Gasteiger partial charge in [-0.15, -0.1) is 0 Å². The predicted octanol–water partition coefficient (Wildman–Crippen LogP) is 0.617. The number of nitrogens with zero attached hydrogens (tertiary/aromatic N) is 3. The quantitative estimate of drug-likeness (QED) is 0.795. The van der Waals surface area contributed by atoms with Crippen molar-refractivity contribution in [3.8, 4) is 11.6 Å². The average Bonchev–Trinajstić information content (AvgIpc) is 2.96. The lowest BCUT2D eigenvalue weighted by Gasteiger charge is -2.07. The van der Waals surface area contributed by atoms with Gasteiger partial charge in [0.25, 0.3) is 0 Å². The summed E-state index contributed by atoms with van der Waals surface area (Å²) >= 11 is 1.82. The van der Waals surface area contributed by atoms with Gasteiger partial charge in [-0.1, -0.05) is 5.16 Å². The van der Waals surface area contributed by atoms with Gasteiger partial charge >= 0.3 is 0 Å². The van der Waals surface area contributed by atoms with E-state index in [4.69, 9.17) is 10.3 Å². The van der Waals surface area contributed by atoms with Crippen LogP contribution in [-0.2, 0) is 0 Å². The van der Waals surface area contributed by atoms with Crippen LogP contribution in [0.5, 0.6) is 0 Å². The maximum absolute atomic E-state index is 5.97. The number of aromatic amines is 1. The predicted molar refractivity (Wildman–Crippen MR) is 59.9 cm³/mol. The zero-order valence-electron chi connectivity index (χ0n) is 8.46. The monoisotopic (exact) mass is 237 g/mol. The zero-order chi connectivity index (χ0) is 11.0. The van der Waals surface area contributed by atoms with Crippen LogP contribution < -0.4 is 5.73 Å². The van der Waals surface area contributed by atoms with Gasteiger partial charge in [0.05, 0.1) is 5.92 Å². The number of aromatic nitrogens is 4. The van der Waals surface area contributed by atoms with Crippen LogP contribution in [0, 0.1) is 0 Å². The second kappa shape index (κ2) is 3.91. The molecule has 3 heterocycles. The highest BCUT2D eigenvalue weighted by molar-refractivity contribution is 7.99. The molecule has 2 unspecified atom stereocenters. The largest absolute Gasteiger partial charge is 0.342 e. The molecule has 3 rings (SSSR count). The summed E-state index contributed by atoms with van der Waals surface area (Å²) in [5, 5.41) is 3.89. The number of imidazole rings is 1. The minimum absolute atomic E-state index is 0.106. The van der Waals surface area contributed by atoms with Crippen molar-refractivity contribution in [1.29, 1.82) is 0 Å². The lowest BCUT2D eigenvalue weighted by molar-refractivity contribution is 0.352. The summed E-state index contributed by atoms with van der Waals surface area (Å²) in [6.07, 6.45) is 3.38. The molecule has 2 atom stereocenters. The molecule has 0 aliphatic carbocycles. The molecule has 7 heteroatoms. The van der Waals surface area contributed by atoms with E-state index >= 15 is 0 Å². The Labute approximate surface area is 96.0 Å². The third-order valence-corrected chi connectivity index (χ3v) is 3.81. The lowest BCUT2D eigenvalue weighted by Crippen LogP contribution is -2.26. The summed E-state index contributed by atoms with van der Waals surface area (Å²) < 4.78 is 5.23. The smallest absolute Gasteiger partial charge is 0.238 e. The van der Waals surface area contributed by atoms with Crippen LogP contribution in [0.2, 0.25) is 0 Å². The highest BCUT2D eigenvalue weighted by atomic mass is 32.2. The first kappa shape index (κ1) is 9.86. The number of hydrogen-bond donors (Lipinski definition) is 2. The van der Waals surface area contributed by atoms with Gasteiger partial charge in [-0.2, -0.15) is 16.7 Å². The zero-order valence-corrected chi connectivity index (χ0v) is 9.28. The molecule has 0 amide bonds. The number of nitrogens with two attached hydrogens (primary N) is 1. The van der Waals surface area contributed by atoms with E-state index in [1.165, 1.54) is 0 Å². The number of rotatable bonds is 2. The van der Waals surface area contributed by atoms with Gasteiger partial charge in [-0.25, -0.2) is 4.98 Å². The molecule has 2 aromatic rings. The van der Waals surface area contributed by atoms with Gasteiger partial charge in [0.15, 0.2) is 5.82 Å². The molecule has 1 fully saturated rings. The maximum Gasteiger partial charge on any atom is 0.238 e. The molecule has 1 saturated heterocycles. The molecule has 0 bridgehead atoms. The van der Waals surface area contributed by atoms with Crippen molar-refractivity contribution in [2.75, 3.05) is 11.5 Å². The fraction of sp³-hybridized carbons (Fsp3) is 0.444. The van der Waals surface area contributed by atoms with Gasteiger partial charge in [0.1, 0.15) is 0 Å². The van der Waals surface area contributed by atoms with Gasteiger partial charge in [0, 0.05) is 29.9 Å². The molecule has 2 aromatic heterocycles. The summed E-state index contributed by atoms with van der Waals surface area (Å²) in [5.74, 6) is 3.79. The molecule has 84 valence electrons. The first-order chi connectivity index (χ1) is 7.84. The van der Waals surface area contributed by atoms with E-state index in [9.17, 15) is 0 Å². The minimum atomic E-state index is 0.106. The van der Waals surface area contributed by atoms with Crippen LogP contribution in [0.25, 0.3) is 11.6 Å². The SMILES string of the molecule is NC1CSCC1c1nc(-c2ncc[nH]2)no1. The van der Waals surface area contributed by atoms with E-state index in [2.05, 4.69) is 20.1 Å². The Bertz CT molecular complexity index is 468. The lowest BCUT2D eigenvalue weighted by atomic mass is 10.1. The van der Waals surface area contributed by atoms with Crippen molar-refractivity contribution in [1.82, 2.24) is 20.1 Å². The highest BCUT2D eigenvalue weighted by Crippen LogP contribution is 2.31. The molecule has 0 saturated carbocycles. The number of hydrogen-bond acceptors (Lipinski definition) is 6. The minimum Gasteiger partial charge on any atom is -0.342 e. The van der Waals surface area contributed by atoms with E-state index < -0.39 is 0 Å². The third-order valence-electron chi connectivity index (χ3n) is 2.59. The topological polar surface area (TPSA) is 93.6 Å². The molecule has 1 aliphatic rings. The Morgan fingerprint density at radius 3 is 3.12 bits per heavy atom. The van der Waals surface area contributed by atoms with E-state index in [0.29, 0.717) is 17.5 Å². The molecule has 0 aromatic carbocycles. The molecule has 6 nitrogen and oxygen atoms in total. The Balaban J connectivity index is 1.88. The van der Waals surface area contributed by atoms with Crippen molar-refractivity contribution in [3.05, 3.63) is 18.3 Å². The summed E-state index contributed by atoms with van der Waals surface area (Å²) in [6.45, 7) is 0. The van der Waals surface area contributed by atoms with Gasteiger partial charge in [-0.05, 0) is 0 Å². The van der Waals surface area contributed by atoms with E-state index in [-0.39, 0.29) is 12.0 Å². The molecule has 16 heavy (non-hydrogen) atoms. The van der Waals surface area contributed by atoms with Gasteiger partial charge in [-0.3, -0.25) is 0 Å². The fourth-order valence-corrected chi connectivity index (χ4v) is 2.98. The second-order valence-electron chi connectivity index (χ2n) is 3.70. The van der Waals surface area contributed by atoms with Crippen molar-refractivity contribution in [2.45, 2.75) is 12.0 Å². The first-order valence-electron chi connectivity index (χ1n) is 5.01. The van der Waals surface area contributed by atoms with E-state index in [0.717, 1.165) is 11.5 Å². The fourth-order valence-electron chi connectivity index (χ4n) is 1.69. The summed E-state index contributed by atoms with van der Waals surface area (Å²) in [7, 11) is 0. The Morgan fingerprint density at radius 2 is 2.44 bits per heavy atom. The normalized spacial score (nSPS) is 25.1. The number of thioether (sulfide) groups is 1. The second-order valence-corrected chi connectivity index (χ2v) is 4.78. The molecule has 3 N–H and O–H groups in total. The summed E-state index contributed by atoms with van der Waals surface area (Å²) in [4.78, 5) is 11.3. The summed E-state index contributed by atoms with van der Waals surface area (Å²) in [6, 6.07) is 0.106. The Kier molecular flexibility index (Phi) is 2.41. The van der Waals surface area contributed by atoms with Gasteiger partial charge in [0.2, 0.25) is 11.7 Å². The number of H-pyrrole nitrogens is 1. The molecular weight excluding hydrogens is 226 g/mol. The van der Waals surface area contributed by atoms with Crippen LogP contribution in [0.15, 0.2) is 16.9 Å². The third kappa shape index (κ3) is 1.61. The maximum atomic E-state index is 5.97. The Morgan fingerprint density at radius 1 is 1.50 bits per heavy atom. The Hall–Kier alpha value is -1.34. The standard InChI is InChI=1S/C9H11N5OS/c10-6-4-16-3-5(6)9-13-8(14-15-9)7-11-1-2-12-7/h1-2,5-6H,3-4,10H2,(H,11,12). The molecule has 0 spiro atoms. The van der Waals surface area contributed by atoms with Crippen molar-refractivity contribution in [3.63, 3.8) is 0 Å². The van der Waals surface area contributed by atoms with Crippen molar-refractivity contribution < 1.29 is 4.52 Å². The number of nitrogens with one attached hydrogen (secondary N) is 1. The molecular formula is C9H11N5OS. The summed E-state index contributed by atoms with van der Waals surface area (Å²) in [5.41, 5.74) is 5.97. The molecule has 1 aliphatic heterocycles. The first-order valence-corrected chi connectivity index (χ1v) is 6.17. The van der Waals surface area contributed by atoms with Crippen LogP contribution in [-0.4, -0.2) is 37.7 Å². The molecule has 0 radical (unpaired) electrons. The van der Waals surface area contributed by atoms with E-state index in [1.54, 1.807) is 12.4 Å². The van der Waals surface area contributed by atoms with Crippen molar-refractivity contribution >= 4 is 11.8 Å². The van der Waals surface area contributed by atoms with Crippen LogP contribution in [0.3, 0.4) is 0 Å². The average molecular weight is 237 g/mol. The van der Waals surface area contributed by atoms with Crippen LogP contribution in [0.1, 0.15) is 11.8 Å². The van der Waals surface area contributed by atoms with Crippen LogP contribution >= 0.6 is 11.8 Å². The highest BCUT2D eigenvalue weighted by Gasteiger charge is 2.31. The van der Waals surface area contributed by atoms with Crippen molar-refractivity contribution in [2.24, 2.45) is 5.73 Å². The van der Waals surface area contributed by atoms with Gasteiger partial charge < -0.3 is 15.2 Å².